The van der Waals surface area contributed by atoms with Gasteiger partial charge in [-0.3, -0.25) is 0 Å². The van der Waals surface area contributed by atoms with Crippen LogP contribution in [-0.2, 0) is 0 Å². The van der Waals surface area contributed by atoms with E-state index in [0.29, 0.717) is 0 Å². The molecule has 0 N–H and O–H groups in total. The van der Waals surface area contributed by atoms with E-state index in [1.165, 1.54) is 11.4 Å². The number of nitrogens with zero attached hydrogens (tertiary/aromatic N) is 2. The zero-order chi connectivity index (χ0) is 15.0. The molecule has 0 amide bonds. The number of aryl methyl sites for hydroxylation is 2. The Morgan fingerprint density at radius 3 is 2.14 bits per heavy atom. The van der Waals surface area contributed by atoms with Crippen molar-refractivity contribution < 1.29 is 4.42 Å². The van der Waals surface area contributed by atoms with Gasteiger partial charge in [-0.2, -0.15) is 0 Å². The summed E-state index contributed by atoms with van der Waals surface area (Å²) in [5.41, 5.74) is 4.61. The topological polar surface area (TPSA) is 21.3 Å². The molecule has 21 heavy (non-hydrogen) atoms. The van der Waals surface area contributed by atoms with Crippen LogP contribution in [0.5, 0.6) is 0 Å². The molecule has 0 aliphatic carbocycles. The van der Waals surface area contributed by atoms with Gasteiger partial charge in [0.15, 0.2) is 5.76 Å². The van der Waals surface area contributed by atoms with Crippen molar-refractivity contribution in [3.05, 3.63) is 60.0 Å². The highest BCUT2D eigenvalue weighted by atomic mass is 16.3. The molecule has 0 fully saturated rings. The van der Waals surface area contributed by atoms with Gasteiger partial charge >= 0.3 is 0 Å². The molecule has 2 aromatic heterocycles. The second-order valence-electron chi connectivity index (χ2n) is 5.52. The molecule has 3 heteroatoms. The van der Waals surface area contributed by atoms with Crippen molar-refractivity contribution in [3.8, 4) is 17.1 Å². The summed E-state index contributed by atoms with van der Waals surface area (Å²) in [4.78, 5) is 2.10. The minimum absolute atomic E-state index is 0.900. The fraction of sp³-hybridized carbons (Fsp3) is 0.222. The molecule has 0 atom stereocenters. The number of anilines is 1. The minimum Gasteiger partial charge on any atom is -0.460 e. The van der Waals surface area contributed by atoms with Crippen molar-refractivity contribution in [3.63, 3.8) is 0 Å². The number of benzene rings is 1. The predicted molar refractivity (Wildman–Crippen MR) is 87.3 cm³/mol. The highest BCUT2D eigenvalue weighted by molar-refractivity contribution is 5.60. The van der Waals surface area contributed by atoms with Crippen molar-refractivity contribution in [2.24, 2.45) is 0 Å². The second kappa shape index (κ2) is 5.17. The van der Waals surface area contributed by atoms with E-state index in [4.69, 9.17) is 4.42 Å². The molecule has 108 valence electrons. The van der Waals surface area contributed by atoms with E-state index in [0.717, 1.165) is 22.9 Å². The van der Waals surface area contributed by atoms with E-state index in [-0.39, 0.29) is 0 Å². The summed E-state index contributed by atoms with van der Waals surface area (Å²) in [6.07, 6.45) is 0. The maximum Gasteiger partial charge on any atom is 0.151 e. The third kappa shape index (κ3) is 2.47. The molecule has 0 saturated carbocycles. The Hall–Kier alpha value is -2.42. The predicted octanol–water partition coefficient (Wildman–Crippen LogP) is 4.42. The van der Waals surface area contributed by atoms with Gasteiger partial charge in [-0.1, -0.05) is 0 Å². The van der Waals surface area contributed by atoms with Crippen LogP contribution in [0.4, 0.5) is 5.69 Å². The van der Waals surface area contributed by atoms with Crippen molar-refractivity contribution >= 4 is 5.69 Å². The monoisotopic (exact) mass is 280 g/mol. The zero-order valence-electron chi connectivity index (χ0n) is 12.9. The van der Waals surface area contributed by atoms with Crippen LogP contribution in [0.2, 0.25) is 0 Å². The summed E-state index contributed by atoms with van der Waals surface area (Å²) in [7, 11) is 4.10. The Labute approximate surface area is 125 Å². The van der Waals surface area contributed by atoms with Gasteiger partial charge in [-0.05, 0) is 62.4 Å². The van der Waals surface area contributed by atoms with E-state index in [1.54, 1.807) is 0 Å². The number of hydrogen-bond donors (Lipinski definition) is 0. The summed E-state index contributed by atoms with van der Waals surface area (Å²) in [6, 6.07) is 16.8. The quantitative estimate of drug-likeness (QED) is 0.708. The third-order valence-corrected chi connectivity index (χ3v) is 3.69. The van der Waals surface area contributed by atoms with E-state index in [2.05, 4.69) is 52.8 Å². The van der Waals surface area contributed by atoms with Gasteiger partial charge in [-0.15, -0.1) is 0 Å². The first-order chi connectivity index (χ1) is 10.1. The summed E-state index contributed by atoms with van der Waals surface area (Å²) >= 11 is 0. The molecule has 0 aliphatic heterocycles. The Bertz CT molecular complexity index is 748. The molecule has 0 aliphatic rings. The van der Waals surface area contributed by atoms with Crippen LogP contribution in [0.15, 0.2) is 52.9 Å². The van der Waals surface area contributed by atoms with E-state index in [1.807, 2.05) is 33.2 Å². The van der Waals surface area contributed by atoms with E-state index >= 15 is 0 Å². The van der Waals surface area contributed by atoms with Crippen molar-refractivity contribution in [2.75, 3.05) is 19.0 Å². The molecular weight excluding hydrogens is 260 g/mol. The Balaban J connectivity index is 2.08. The fourth-order valence-electron chi connectivity index (χ4n) is 2.55. The average Bonchev–Trinajstić information content (AvgIpc) is 3.05. The smallest absolute Gasteiger partial charge is 0.151 e. The van der Waals surface area contributed by atoms with Gasteiger partial charge in [0.2, 0.25) is 0 Å². The van der Waals surface area contributed by atoms with Crippen LogP contribution in [0, 0.1) is 13.8 Å². The van der Waals surface area contributed by atoms with Crippen LogP contribution in [0.3, 0.4) is 0 Å². The lowest BCUT2D eigenvalue weighted by atomic mass is 10.2. The summed E-state index contributed by atoms with van der Waals surface area (Å²) in [5.74, 6) is 1.83. The minimum atomic E-state index is 0.900. The van der Waals surface area contributed by atoms with Crippen LogP contribution in [0.25, 0.3) is 17.1 Å². The van der Waals surface area contributed by atoms with Gasteiger partial charge in [0, 0.05) is 31.2 Å². The van der Waals surface area contributed by atoms with Gasteiger partial charge in [0.05, 0.1) is 5.69 Å². The lowest BCUT2D eigenvalue weighted by Gasteiger charge is -2.15. The summed E-state index contributed by atoms with van der Waals surface area (Å²) < 4.78 is 8.00. The van der Waals surface area contributed by atoms with Gasteiger partial charge in [0.25, 0.3) is 0 Å². The van der Waals surface area contributed by atoms with Crippen molar-refractivity contribution in [1.29, 1.82) is 0 Å². The molecule has 1 aromatic carbocycles. The largest absolute Gasteiger partial charge is 0.460 e. The average molecular weight is 280 g/mol. The SMILES string of the molecule is Cc1ccc(-c2ccc(C)n2-c2ccc(N(C)C)cc2)o1. The first kappa shape index (κ1) is 13.6. The van der Waals surface area contributed by atoms with Crippen LogP contribution in [-0.4, -0.2) is 18.7 Å². The van der Waals surface area contributed by atoms with Gasteiger partial charge in [-0.25, -0.2) is 0 Å². The fourth-order valence-corrected chi connectivity index (χ4v) is 2.55. The van der Waals surface area contributed by atoms with Gasteiger partial charge < -0.3 is 13.9 Å². The number of furan rings is 1. The lowest BCUT2D eigenvalue weighted by molar-refractivity contribution is 0.545. The number of aromatic nitrogens is 1. The molecule has 0 bridgehead atoms. The lowest BCUT2D eigenvalue weighted by Crippen LogP contribution is -2.08. The molecule has 2 heterocycles. The number of hydrogen-bond acceptors (Lipinski definition) is 2. The van der Waals surface area contributed by atoms with Crippen LogP contribution < -0.4 is 4.90 Å². The Morgan fingerprint density at radius 1 is 0.857 bits per heavy atom. The van der Waals surface area contributed by atoms with Crippen molar-refractivity contribution in [1.82, 2.24) is 4.57 Å². The molecule has 3 rings (SSSR count). The number of rotatable bonds is 3. The van der Waals surface area contributed by atoms with E-state index in [9.17, 15) is 0 Å². The van der Waals surface area contributed by atoms with Crippen LogP contribution in [0.1, 0.15) is 11.5 Å². The third-order valence-electron chi connectivity index (χ3n) is 3.69. The standard InChI is InChI=1S/C18H20N2O/c1-13-5-11-17(18-12-6-14(2)21-18)20(13)16-9-7-15(8-10-16)19(3)4/h5-12H,1-4H3. The zero-order valence-corrected chi connectivity index (χ0v) is 12.9. The second-order valence-corrected chi connectivity index (χ2v) is 5.52. The maximum atomic E-state index is 5.78. The van der Waals surface area contributed by atoms with Crippen LogP contribution >= 0.6 is 0 Å². The maximum absolute atomic E-state index is 5.78. The Kier molecular flexibility index (Phi) is 3.34. The highest BCUT2D eigenvalue weighted by Gasteiger charge is 2.12. The first-order valence-electron chi connectivity index (χ1n) is 7.09. The van der Waals surface area contributed by atoms with Gasteiger partial charge in [0.1, 0.15) is 5.76 Å². The molecule has 3 aromatic rings. The Morgan fingerprint density at radius 2 is 1.57 bits per heavy atom. The molecular formula is C18H20N2O. The molecule has 0 unspecified atom stereocenters. The highest BCUT2D eigenvalue weighted by Crippen LogP contribution is 2.28. The summed E-state index contributed by atoms with van der Waals surface area (Å²) in [5, 5.41) is 0. The van der Waals surface area contributed by atoms with E-state index < -0.39 is 0 Å². The molecule has 0 spiro atoms. The molecule has 0 radical (unpaired) electrons. The van der Waals surface area contributed by atoms with Crippen molar-refractivity contribution in [2.45, 2.75) is 13.8 Å². The molecule has 0 saturated heterocycles. The molecule has 3 nitrogen and oxygen atoms in total. The first-order valence-corrected chi connectivity index (χ1v) is 7.09. The summed E-state index contributed by atoms with van der Waals surface area (Å²) in [6.45, 7) is 4.08. The normalized spacial score (nSPS) is 10.9.